The van der Waals surface area contributed by atoms with Crippen molar-refractivity contribution in [2.75, 3.05) is 13.2 Å². The zero-order valence-corrected chi connectivity index (χ0v) is 13.3. The summed E-state index contributed by atoms with van der Waals surface area (Å²) in [6, 6.07) is 0.640. The zero-order valence-electron chi connectivity index (χ0n) is 12.5. The normalized spacial score (nSPS) is 25.9. The Morgan fingerprint density at radius 2 is 2.25 bits per heavy atom. The van der Waals surface area contributed by atoms with Gasteiger partial charge in [-0.3, -0.25) is 0 Å². The molecule has 2 fully saturated rings. The maximum atomic E-state index is 6.15. The van der Waals surface area contributed by atoms with E-state index in [9.17, 15) is 0 Å². The van der Waals surface area contributed by atoms with Gasteiger partial charge in [0.05, 0.1) is 16.3 Å². The summed E-state index contributed by atoms with van der Waals surface area (Å²) < 4.78 is 6.15. The third kappa shape index (κ3) is 3.60. The Hall–Kier alpha value is -0.450. The number of rotatable bonds is 4. The minimum Gasteiger partial charge on any atom is -0.375 e. The van der Waals surface area contributed by atoms with E-state index in [1.807, 2.05) is 0 Å². The van der Waals surface area contributed by atoms with Crippen molar-refractivity contribution in [1.82, 2.24) is 10.3 Å². The molecule has 1 aliphatic carbocycles. The molecule has 1 unspecified atom stereocenters. The Balaban J connectivity index is 1.45. The molecule has 112 valence electrons. The molecule has 1 aliphatic heterocycles. The molecule has 20 heavy (non-hydrogen) atoms. The fourth-order valence-corrected chi connectivity index (χ4v) is 4.32. The van der Waals surface area contributed by atoms with Crippen LogP contribution in [0, 0.1) is 6.92 Å². The predicted octanol–water partition coefficient (Wildman–Crippen LogP) is 3.47. The van der Waals surface area contributed by atoms with Crippen molar-refractivity contribution >= 4 is 11.3 Å². The van der Waals surface area contributed by atoms with Crippen molar-refractivity contribution < 1.29 is 4.74 Å². The Morgan fingerprint density at radius 1 is 1.40 bits per heavy atom. The van der Waals surface area contributed by atoms with Gasteiger partial charge in [0.25, 0.3) is 0 Å². The summed E-state index contributed by atoms with van der Waals surface area (Å²) in [4.78, 5) is 4.53. The van der Waals surface area contributed by atoms with Crippen LogP contribution in [-0.4, -0.2) is 29.8 Å². The molecule has 3 rings (SSSR count). The van der Waals surface area contributed by atoms with Gasteiger partial charge in [0.1, 0.15) is 0 Å². The Morgan fingerprint density at radius 3 is 3.00 bits per heavy atom. The second-order valence-electron chi connectivity index (χ2n) is 6.34. The van der Waals surface area contributed by atoms with Crippen LogP contribution in [0.2, 0.25) is 0 Å². The minimum atomic E-state index is 0.214. The van der Waals surface area contributed by atoms with E-state index < -0.39 is 0 Å². The third-order valence-corrected chi connectivity index (χ3v) is 5.56. The maximum absolute atomic E-state index is 6.15. The number of aryl methyl sites for hydroxylation is 1. The molecule has 1 aromatic rings. The van der Waals surface area contributed by atoms with E-state index in [-0.39, 0.29) is 5.60 Å². The molecule has 1 saturated heterocycles. The molecule has 2 aliphatic rings. The SMILES string of the molecule is Cc1nc(CCNC2CCOC3(CCCCC3)C2)cs1. The van der Waals surface area contributed by atoms with Crippen molar-refractivity contribution in [3.05, 3.63) is 16.1 Å². The largest absolute Gasteiger partial charge is 0.375 e. The topological polar surface area (TPSA) is 34.2 Å². The molecular formula is C16H26N2OS. The lowest BCUT2D eigenvalue weighted by atomic mass is 9.78. The van der Waals surface area contributed by atoms with Crippen LogP contribution in [0.1, 0.15) is 55.6 Å². The highest BCUT2D eigenvalue weighted by Gasteiger charge is 2.38. The van der Waals surface area contributed by atoms with Crippen LogP contribution in [-0.2, 0) is 11.2 Å². The summed E-state index contributed by atoms with van der Waals surface area (Å²) in [6.07, 6.45) is 10.1. The van der Waals surface area contributed by atoms with Gasteiger partial charge in [-0.1, -0.05) is 19.3 Å². The average Bonchev–Trinajstić information content (AvgIpc) is 2.86. The molecular weight excluding hydrogens is 268 g/mol. The van der Waals surface area contributed by atoms with E-state index in [1.54, 1.807) is 11.3 Å². The molecule has 0 bridgehead atoms. The lowest BCUT2D eigenvalue weighted by Gasteiger charge is -2.43. The highest BCUT2D eigenvalue weighted by Crippen LogP contribution is 2.38. The minimum absolute atomic E-state index is 0.214. The molecule has 3 nitrogen and oxygen atoms in total. The molecule has 0 aromatic carbocycles. The number of thiazole rings is 1. The van der Waals surface area contributed by atoms with Crippen LogP contribution in [0.15, 0.2) is 5.38 Å². The van der Waals surface area contributed by atoms with Crippen molar-refractivity contribution in [1.29, 1.82) is 0 Å². The summed E-state index contributed by atoms with van der Waals surface area (Å²) in [6.45, 7) is 4.06. The summed E-state index contributed by atoms with van der Waals surface area (Å²) in [5.74, 6) is 0. The number of aromatic nitrogens is 1. The van der Waals surface area contributed by atoms with Crippen LogP contribution >= 0.6 is 11.3 Å². The maximum Gasteiger partial charge on any atom is 0.0897 e. The van der Waals surface area contributed by atoms with Crippen molar-refractivity contribution in [2.24, 2.45) is 0 Å². The van der Waals surface area contributed by atoms with E-state index >= 15 is 0 Å². The van der Waals surface area contributed by atoms with Crippen LogP contribution in [0.25, 0.3) is 0 Å². The standard InChI is InChI=1S/C16H26N2OS/c1-13-18-15(12-20-13)5-9-17-14-6-10-19-16(11-14)7-3-2-4-8-16/h12,14,17H,2-11H2,1H3. The highest BCUT2D eigenvalue weighted by molar-refractivity contribution is 7.09. The zero-order chi connectivity index (χ0) is 13.8. The van der Waals surface area contributed by atoms with E-state index in [4.69, 9.17) is 4.74 Å². The van der Waals surface area contributed by atoms with Crippen LogP contribution < -0.4 is 5.32 Å². The van der Waals surface area contributed by atoms with Gasteiger partial charge < -0.3 is 10.1 Å². The van der Waals surface area contributed by atoms with Crippen molar-refractivity contribution in [2.45, 2.75) is 69.9 Å². The van der Waals surface area contributed by atoms with Crippen LogP contribution in [0.3, 0.4) is 0 Å². The average molecular weight is 294 g/mol. The predicted molar refractivity (Wildman–Crippen MR) is 83.3 cm³/mol. The van der Waals surface area contributed by atoms with Crippen LogP contribution in [0.4, 0.5) is 0 Å². The number of nitrogens with zero attached hydrogens (tertiary/aromatic N) is 1. The van der Waals surface area contributed by atoms with E-state index in [2.05, 4.69) is 22.6 Å². The monoisotopic (exact) mass is 294 g/mol. The summed E-state index contributed by atoms with van der Waals surface area (Å²) in [5.41, 5.74) is 1.45. The molecule has 1 N–H and O–H groups in total. The molecule has 1 atom stereocenters. The number of ether oxygens (including phenoxy) is 1. The summed E-state index contributed by atoms with van der Waals surface area (Å²) >= 11 is 1.75. The first-order valence-corrected chi connectivity index (χ1v) is 8.92. The molecule has 1 spiro atoms. The molecule has 1 saturated carbocycles. The Bertz CT molecular complexity index is 420. The lowest BCUT2D eigenvalue weighted by Crippen LogP contribution is -2.48. The second-order valence-corrected chi connectivity index (χ2v) is 7.41. The Kier molecular flexibility index (Phi) is 4.74. The van der Waals surface area contributed by atoms with Gasteiger partial charge in [0.2, 0.25) is 0 Å². The highest BCUT2D eigenvalue weighted by atomic mass is 32.1. The first-order valence-electron chi connectivity index (χ1n) is 8.04. The van der Waals surface area contributed by atoms with Crippen molar-refractivity contribution in [3.8, 4) is 0 Å². The van der Waals surface area contributed by atoms with Crippen molar-refractivity contribution in [3.63, 3.8) is 0 Å². The van der Waals surface area contributed by atoms with Gasteiger partial charge in [-0.05, 0) is 32.6 Å². The van der Waals surface area contributed by atoms with Gasteiger partial charge in [0.15, 0.2) is 0 Å². The van der Waals surface area contributed by atoms with E-state index in [0.29, 0.717) is 6.04 Å². The number of nitrogens with one attached hydrogen (secondary N) is 1. The molecule has 0 radical (unpaired) electrons. The second kappa shape index (κ2) is 6.54. The molecule has 4 heteroatoms. The van der Waals surface area contributed by atoms with Crippen LogP contribution in [0.5, 0.6) is 0 Å². The fraction of sp³-hybridized carbons (Fsp3) is 0.812. The molecule has 2 heterocycles. The van der Waals surface area contributed by atoms with Gasteiger partial charge in [0, 0.05) is 31.0 Å². The lowest BCUT2D eigenvalue weighted by molar-refractivity contribution is -0.109. The molecule has 1 aromatic heterocycles. The summed E-state index contributed by atoms with van der Waals surface area (Å²) in [7, 11) is 0. The number of hydrogen-bond donors (Lipinski definition) is 1. The van der Waals surface area contributed by atoms with E-state index in [1.165, 1.54) is 49.2 Å². The first kappa shape index (κ1) is 14.5. The van der Waals surface area contributed by atoms with E-state index in [0.717, 1.165) is 26.0 Å². The number of hydrogen-bond acceptors (Lipinski definition) is 4. The summed E-state index contributed by atoms with van der Waals surface area (Å²) in [5, 5.41) is 7.09. The van der Waals surface area contributed by atoms with Gasteiger partial charge in [-0.25, -0.2) is 4.98 Å². The Labute approximate surface area is 126 Å². The van der Waals surface area contributed by atoms with Gasteiger partial charge >= 0.3 is 0 Å². The molecule has 0 amide bonds. The quantitative estimate of drug-likeness (QED) is 0.923. The fourth-order valence-electron chi connectivity index (χ4n) is 3.67. The van der Waals surface area contributed by atoms with Gasteiger partial charge in [-0.2, -0.15) is 0 Å². The third-order valence-electron chi connectivity index (χ3n) is 4.74. The van der Waals surface area contributed by atoms with Gasteiger partial charge in [-0.15, -0.1) is 11.3 Å². The smallest absolute Gasteiger partial charge is 0.0897 e. The first-order chi connectivity index (χ1) is 9.76.